The number of amides is 2. The molecule has 0 aliphatic heterocycles. The van der Waals surface area contributed by atoms with Crippen LogP contribution in [0.15, 0.2) is 111 Å². The van der Waals surface area contributed by atoms with Gasteiger partial charge in [-0.15, -0.1) is 0 Å². The second-order valence-corrected chi connectivity index (χ2v) is 13.7. The van der Waals surface area contributed by atoms with Crippen molar-refractivity contribution in [2.75, 3.05) is 25.0 Å². The number of likely N-dealkylation sites (N-methyl/N-ethyl adjacent to an activating group) is 1. The van der Waals surface area contributed by atoms with Crippen LogP contribution in [0.1, 0.15) is 16.7 Å². The number of methoxy groups -OCH3 is 1. The van der Waals surface area contributed by atoms with Gasteiger partial charge in [0.15, 0.2) is 0 Å². The molecule has 0 aromatic heterocycles. The summed E-state index contributed by atoms with van der Waals surface area (Å²) in [5.74, 6) is -0.427. The quantitative estimate of drug-likeness (QED) is 0.189. The van der Waals surface area contributed by atoms with E-state index >= 15 is 0 Å². The molecule has 0 fully saturated rings. The molecule has 11 heteroatoms. The molecule has 0 saturated carbocycles. The van der Waals surface area contributed by atoms with Crippen molar-refractivity contribution < 1.29 is 22.7 Å². The highest BCUT2D eigenvalue weighted by Crippen LogP contribution is 2.31. The minimum absolute atomic E-state index is 0.0239. The number of halogens is 2. The van der Waals surface area contributed by atoms with Gasteiger partial charge in [0.2, 0.25) is 11.8 Å². The highest BCUT2D eigenvalue weighted by molar-refractivity contribution is 9.10. The van der Waals surface area contributed by atoms with Crippen LogP contribution in [0.3, 0.4) is 0 Å². The van der Waals surface area contributed by atoms with Crippen LogP contribution in [-0.2, 0) is 32.6 Å². The van der Waals surface area contributed by atoms with E-state index in [1.807, 2.05) is 61.5 Å². The summed E-state index contributed by atoms with van der Waals surface area (Å²) in [6.45, 7) is 1.44. The Morgan fingerprint density at radius 2 is 1.57 bits per heavy atom. The van der Waals surface area contributed by atoms with E-state index in [2.05, 4.69) is 37.2 Å². The lowest BCUT2D eigenvalue weighted by atomic mass is 10.0. The molecule has 8 nitrogen and oxygen atoms in total. The average molecular weight is 744 g/mol. The summed E-state index contributed by atoms with van der Waals surface area (Å²) >= 11 is 6.86. The molecule has 4 aromatic carbocycles. The highest BCUT2D eigenvalue weighted by atomic mass is 79.9. The van der Waals surface area contributed by atoms with E-state index in [9.17, 15) is 18.0 Å². The van der Waals surface area contributed by atoms with Crippen molar-refractivity contribution in [3.63, 3.8) is 0 Å². The van der Waals surface area contributed by atoms with Gasteiger partial charge in [0.1, 0.15) is 18.3 Å². The Bertz CT molecular complexity index is 1720. The fourth-order valence-electron chi connectivity index (χ4n) is 4.73. The first-order chi connectivity index (χ1) is 21.0. The number of aryl methyl sites for hydroxylation is 1. The van der Waals surface area contributed by atoms with Gasteiger partial charge in [0.25, 0.3) is 10.0 Å². The van der Waals surface area contributed by atoms with Gasteiger partial charge in [-0.25, -0.2) is 8.42 Å². The monoisotopic (exact) mass is 741 g/mol. The molecule has 1 atom stereocenters. The van der Waals surface area contributed by atoms with Crippen molar-refractivity contribution in [3.8, 4) is 5.75 Å². The smallest absolute Gasteiger partial charge is 0.264 e. The van der Waals surface area contributed by atoms with Gasteiger partial charge in [-0.2, -0.15) is 0 Å². The number of carbonyl (C=O) groups excluding carboxylic acids is 2. The predicted molar refractivity (Wildman–Crippen MR) is 179 cm³/mol. The van der Waals surface area contributed by atoms with Crippen LogP contribution in [0.4, 0.5) is 5.69 Å². The molecule has 0 spiro atoms. The van der Waals surface area contributed by atoms with E-state index in [-0.39, 0.29) is 23.8 Å². The van der Waals surface area contributed by atoms with Crippen LogP contribution in [0.5, 0.6) is 5.75 Å². The summed E-state index contributed by atoms with van der Waals surface area (Å²) < 4.78 is 36.0. The van der Waals surface area contributed by atoms with E-state index < -0.39 is 28.5 Å². The third-order valence-corrected chi connectivity index (χ3v) is 9.95. The molecule has 0 bridgehead atoms. The Kier molecular flexibility index (Phi) is 11.2. The minimum atomic E-state index is -4.24. The summed E-state index contributed by atoms with van der Waals surface area (Å²) in [5.41, 5.74) is 2.89. The maximum Gasteiger partial charge on any atom is 0.264 e. The second kappa shape index (κ2) is 14.9. The predicted octanol–water partition coefficient (Wildman–Crippen LogP) is 6.11. The van der Waals surface area contributed by atoms with Gasteiger partial charge in [-0.1, -0.05) is 76.1 Å². The molecular weight excluding hydrogens is 710 g/mol. The molecular formula is C33H33Br2N3O5S. The number of hydrogen-bond donors (Lipinski definition) is 1. The zero-order valence-corrected chi connectivity index (χ0v) is 28.5. The molecule has 44 heavy (non-hydrogen) atoms. The van der Waals surface area contributed by atoms with Crippen molar-refractivity contribution >= 4 is 59.4 Å². The van der Waals surface area contributed by atoms with Gasteiger partial charge < -0.3 is 15.0 Å². The van der Waals surface area contributed by atoms with Crippen molar-refractivity contribution in [2.24, 2.45) is 0 Å². The Balaban J connectivity index is 1.80. The number of hydrogen-bond acceptors (Lipinski definition) is 5. The third kappa shape index (κ3) is 8.08. The zero-order chi connectivity index (χ0) is 31.9. The van der Waals surface area contributed by atoms with Crippen molar-refractivity contribution in [3.05, 3.63) is 123 Å². The van der Waals surface area contributed by atoms with Crippen LogP contribution in [0.2, 0.25) is 0 Å². The summed E-state index contributed by atoms with van der Waals surface area (Å²) in [4.78, 5) is 29.2. The number of carbonyl (C=O) groups is 2. The minimum Gasteiger partial charge on any atom is -0.496 e. The van der Waals surface area contributed by atoms with E-state index in [4.69, 9.17) is 4.74 Å². The number of nitrogens with one attached hydrogen (secondary N) is 1. The standard InChI is InChI=1S/C33H33Br2N3O5S/c1-23-12-14-27(15-13-23)38(44(41,42)28-16-17-31(43-3)29(35)20-28)22-32(39)37(21-25-10-7-11-26(34)18-25)30(33(40)36-2)19-24-8-5-4-6-9-24/h4-18,20,30H,19,21-22H2,1-3H3,(H,36,40)/t30-/m1/s1. The van der Waals surface area contributed by atoms with Crippen LogP contribution in [0, 0.1) is 6.92 Å². The normalized spacial score (nSPS) is 11.8. The maximum atomic E-state index is 14.4. The number of nitrogens with zero attached hydrogens (tertiary/aromatic N) is 2. The Morgan fingerprint density at radius 1 is 0.886 bits per heavy atom. The fraction of sp³-hybridized carbons (Fsp3) is 0.212. The van der Waals surface area contributed by atoms with Gasteiger partial charge in [-0.3, -0.25) is 13.9 Å². The van der Waals surface area contributed by atoms with Gasteiger partial charge >= 0.3 is 0 Å². The summed E-state index contributed by atoms with van der Waals surface area (Å²) in [7, 11) is -1.23. The summed E-state index contributed by atoms with van der Waals surface area (Å²) in [5, 5.41) is 2.69. The zero-order valence-electron chi connectivity index (χ0n) is 24.5. The first-order valence-electron chi connectivity index (χ1n) is 13.8. The first-order valence-corrected chi connectivity index (χ1v) is 16.8. The van der Waals surface area contributed by atoms with Crippen molar-refractivity contribution in [2.45, 2.75) is 30.8 Å². The lowest BCUT2D eigenvalue weighted by Crippen LogP contribution is -2.53. The molecule has 0 unspecified atom stereocenters. The van der Waals surface area contributed by atoms with Crippen LogP contribution >= 0.6 is 31.9 Å². The lowest BCUT2D eigenvalue weighted by molar-refractivity contribution is -0.139. The molecule has 0 heterocycles. The number of anilines is 1. The van der Waals surface area contributed by atoms with Crippen LogP contribution in [-0.4, -0.2) is 51.9 Å². The lowest BCUT2D eigenvalue weighted by Gasteiger charge is -2.33. The highest BCUT2D eigenvalue weighted by Gasteiger charge is 2.34. The Hall–Kier alpha value is -3.67. The van der Waals surface area contributed by atoms with E-state index in [0.29, 0.717) is 15.9 Å². The van der Waals surface area contributed by atoms with Crippen molar-refractivity contribution in [1.82, 2.24) is 10.2 Å². The van der Waals surface area contributed by atoms with E-state index in [1.54, 1.807) is 30.3 Å². The second-order valence-electron chi connectivity index (χ2n) is 10.1. The molecule has 0 radical (unpaired) electrons. The topological polar surface area (TPSA) is 96.0 Å². The third-order valence-electron chi connectivity index (χ3n) is 7.07. The fourth-order valence-corrected chi connectivity index (χ4v) is 7.31. The molecule has 0 saturated heterocycles. The summed E-state index contributed by atoms with van der Waals surface area (Å²) in [6.07, 6.45) is 0.239. The van der Waals surface area contributed by atoms with Crippen molar-refractivity contribution in [1.29, 1.82) is 0 Å². The van der Waals surface area contributed by atoms with Gasteiger partial charge in [-0.05, 0) is 76.4 Å². The molecule has 4 rings (SSSR count). The molecule has 0 aliphatic carbocycles. The van der Waals surface area contributed by atoms with Gasteiger partial charge in [0, 0.05) is 24.5 Å². The number of rotatable bonds is 12. The summed E-state index contributed by atoms with van der Waals surface area (Å²) in [6, 6.07) is 27.3. The number of sulfonamides is 1. The molecule has 0 aliphatic rings. The largest absolute Gasteiger partial charge is 0.496 e. The molecule has 2 amide bonds. The van der Waals surface area contributed by atoms with Gasteiger partial charge in [0.05, 0.1) is 22.2 Å². The maximum absolute atomic E-state index is 14.4. The Labute approximate surface area is 275 Å². The van der Waals surface area contributed by atoms with Crippen LogP contribution < -0.4 is 14.4 Å². The molecule has 230 valence electrons. The first kappa shape index (κ1) is 33.2. The van der Waals surface area contributed by atoms with E-state index in [0.717, 1.165) is 25.5 Å². The van der Waals surface area contributed by atoms with E-state index in [1.165, 1.54) is 31.2 Å². The number of benzene rings is 4. The molecule has 1 N–H and O–H groups in total. The Morgan fingerprint density at radius 3 is 2.18 bits per heavy atom. The average Bonchev–Trinajstić information content (AvgIpc) is 3.02. The SMILES string of the molecule is CNC(=O)[C@@H](Cc1ccccc1)N(Cc1cccc(Br)c1)C(=O)CN(c1ccc(C)cc1)S(=O)(=O)c1ccc(OC)c(Br)c1. The van der Waals surface area contributed by atoms with Crippen LogP contribution in [0.25, 0.3) is 0 Å². The molecule has 4 aromatic rings. The number of ether oxygens (including phenoxy) is 1.